The molecular formula is C79H148O17P2. The van der Waals surface area contributed by atoms with Crippen LogP contribution in [0.3, 0.4) is 0 Å². The molecule has 19 heteroatoms. The molecule has 0 saturated heterocycles. The highest BCUT2D eigenvalue weighted by atomic mass is 31.2. The Morgan fingerprint density at radius 1 is 0.286 bits per heavy atom. The summed E-state index contributed by atoms with van der Waals surface area (Å²) in [4.78, 5) is 72.9. The van der Waals surface area contributed by atoms with Gasteiger partial charge in [0.05, 0.1) is 26.4 Å². The molecule has 0 aliphatic rings. The van der Waals surface area contributed by atoms with Crippen LogP contribution in [0.4, 0.5) is 0 Å². The highest BCUT2D eigenvalue weighted by Gasteiger charge is 2.30. The Bertz CT molecular complexity index is 2000. The minimum atomic E-state index is -4.97. The van der Waals surface area contributed by atoms with E-state index >= 15 is 0 Å². The van der Waals surface area contributed by atoms with E-state index in [1.54, 1.807) is 0 Å². The predicted molar refractivity (Wildman–Crippen MR) is 400 cm³/mol. The molecule has 98 heavy (non-hydrogen) atoms. The lowest BCUT2D eigenvalue weighted by molar-refractivity contribution is -0.161. The van der Waals surface area contributed by atoms with E-state index in [0.717, 1.165) is 128 Å². The van der Waals surface area contributed by atoms with Crippen LogP contribution < -0.4 is 0 Å². The number of carbonyl (C=O) groups excluding carboxylic acids is 4. The topological polar surface area (TPSA) is 237 Å². The zero-order valence-electron chi connectivity index (χ0n) is 63.0. The highest BCUT2D eigenvalue weighted by molar-refractivity contribution is 7.47. The molecule has 0 spiro atoms. The van der Waals surface area contributed by atoms with Crippen LogP contribution >= 0.6 is 15.6 Å². The van der Waals surface area contributed by atoms with Gasteiger partial charge in [-0.2, -0.15) is 0 Å². The van der Waals surface area contributed by atoms with Gasteiger partial charge in [-0.3, -0.25) is 37.3 Å². The summed E-state index contributed by atoms with van der Waals surface area (Å²) in [6, 6.07) is 0. The van der Waals surface area contributed by atoms with Crippen LogP contribution in [0.25, 0.3) is 0 Å². The van der Waals surface area contributed by atoms with Crippen LogP contribution in [0.5, 0.6) is 0 Å². The molecule has 0 bridgehead atoms. The monoisotopic (exact) mass is 1430 g/mol. The van der Waals surface area contributed by atoms with Gasteiger partial charge in [0, 0.05) is 25.7 Å². The summed E-state index contributed by atoms with van der Waals surface area (Å²) in [5.41, 5.74) is 0. The van der Waals surface area contributed by atoms with Crippen molar-refractivity contribution >= 4 is 39.5 Å². The molecule has 17 nitrogen and oxygen atoms in total. The van der Waals surface area contributed by atoms with E-state index in [9.17, 15) is 43.2 Å². The largest absolute Gasteiger partial charge is 0.472 e. The maximum absolute atomic E-state index is 13.1. The molecule has 0 fully saturated rings. The third kappa shape index (κ3) is 71.7. The smallest absolute Gasteiger partial charge is 0.462 e. The van der Waals surface area contributed by atoms with Gasteiger partial charge in [-0.1, -0.05) is 315 Å². The Morgan fingerprint density at radius 2 is 0.500 bits per heavy atom. The average Bonchev–Trinajstić information content (AvgIpc) is 0.984. The number of phosphoric ester groups is 2. The summed E-state index contributed by atoms with van der Waals surface area (Å²) in [5, 5.41) is 10.6. The van der Waals surface area contributed by atoms with Crippen LogP contribution in [0.1, 0.15) is 387 Å². The van der Waals surface area contributed by atoms with Gasteiger partial charge in [0.1, 0.15) is 19.3 Å². The Labute approximate surface area is 598 Å². The molecule has 0 heterocycles. The lowest BCUT2D eigenvalue weighted by Crippen LogP contribution is -2.30. The second-order valence-corrected chi connectivity index (χ2v) is 30.3. The summed E-state index contributed by atoms with van der Waals surface area (Å²) in [6.07, 6.45) is 68.3. The first-order chi connectivity index (χ1) is 47.7. The van der Waals surface area contributed by atoms with Gasteiger partial charge in [0.25, 0.3) is 0 Å². The molecule has 0 aliphatic heterocycles. The van der Waals surface area contributed by atoms with Crippen LogP contribution in [-0.2, 0) is 65.4 Å². The SMILES string of the molecule is CCCCC/C=C\C/C=C\CCCCCCCC(=O)O[C@H](COC(=O)CCCCCCCCCCCCCCCCC)COP(=O)(O)OC[C@H](O)COP(=O)(O)OC[C@@H](COC(=O)CCCCCCC/C=C\CCCCCCCC)OC(=O)CCCCCCCCCCCCCCC. The average molecular weight is 1430 g/mol. The fourth-order valence-electron chi connectivity index (χ4n) is 11.4. The molecule has 0 aromatic carbocycles. The number of ether oxygens (including phenoxy) is 4. The van der Waals surface area contributed by atoms with Crippen LogP contribution in [-0.4, -0.2) is 96.7 Å². The summed E-state index contributed by atoms with van der Waals surface area (Å²) in [5.74, 6) is -2.15. The molecule has 0 rings (SSSR count). The Morgan fingerprint density at radius 3 is 0.786 bits per heavy atom. The zero-order chi connectivity index (χ0) is 71.8. The van der Waals surface area contributed by atoms with Gasteiger partial charge >= 0.3 is 39.5 Å². The number of carbonyl (C=O) groups is 4. The van der Waals surface area contributed by atoms with Gasteiger partial charge in [-0.05, 0) is 83.5 Å². The van der Waals surface area contributed by atoms with Crippen molar-refractivity contribution in [2.45, 2.75) is 406 Å². The quantitative estimate of drug-likeness (QED) is 0.0169. The van der Waals surface area contributed by atoms with Crippen LogP contribution in [0.2, 0.25) is 0 Å². The molecule has 0 radical (unpaired) electrons. The predicted octanol–water partition coefficient (Wildman–Crippen LogP) is 23.1. The second kappa shape index (κ2) is 72.6. The number of phosphoric acid groups is 2. The number of hydrogen-bond donors (Lipinski definition) is 3. The van der Waals surface area contributed by atoms with Gasteiger partial charge in [0.15, 0.2) is 12.2 Å². The number of rotatable bonds is 77. The summed E-state index contributed by atoms with van der Waals surface area (Å²) >= 11 is 0. The molecule has 3 N–H and O–H groups in total. The van der Waals surface area contributed by atoms with Crippen molar-refractivity contribution < 1.29 is 80.2 Å². The number of esters is 4. The van der Waals surface area contributed by atoms with E-state index in [2.05, 4.69) is 64.2 Å². The number of unbranched alkanes of at least 4 members (excludes halogenated alkanes) is 45. The molecule has 0 aromatic rings. The number of aliphatic hydroxyl groups excluding tert-OH is 1. The van der Waals surface area contributed by atoms with Gasteiger partial charge in [-0.25, -0.2) is 9.13 Å². The summed E-state index contributed by atoms with van der Waals surface area (Å²) in [7, 11) is -9.93. The van der Waals surface area contributed by atoms with Crippen LogP contribution in [0, 0.1) is 0 Å². The van der Waals surface area contributed by atoms with Crippen molar-refractivity contribution in [1.82, 2.24) is 0 Å². The highest BCUT2D eigenvalue weighted by Crippen LogP contribution is 2.45. The Balaban J connectivity index is 5.31. The van der Waals surface area contributed by atoms with Crippen molar-refractivity contribution in [1.29, 1.82) is 0 Å². The van der Waals surface area contributed by atoms with E-state index in [1.807, 2.05) is 0 Å². The minimum absolute atomic E-state index is 0.0864. The van der Waals surface area contributed by atoms with E-state index in [4.69, 9.17) is 37.0 Å². The number of hydrogen-bond acceptors (Lipinski definition) is 15. The first kappa shape index (κ1) is 95.3. The van der Waals surface area contributed by atoms with Crippen molar-refractivity contribution in [2.24, 2.45) is 0 Å². The lowest BCUT2D eigenvalue weighted by atomic mass is 10.0. The van der Waals surface area contributed by atoms with Crippen LogP contribution in [0.15, 0.2) is 36.5 Å². The normalized spacial score (nSPS) is 14.1. The molecule has 0 amide bonds. The van der Waals surface area contributed by atoms with Crippen molar-refractivity contribution in [3.8, 4) is 0 Å². The maximum atomic E-state index is 13.1. The van der Waals surface area contributed by atoms with Crippen molar-refractivity contribution in [3.05, 3.63) is 36.5 Å². The van der Waals surface area contributed by atoms with E-state index < -0.39 is 97.5 Å². The molecule has 0 saturated carbocycles. The first-order valence-electron chi connectivity index (χ1n) is 40.2. The standard InChI is InChI=1S/C79H148O17P2/c1-5-9-13-17-21-25-29-33-36-40-43-47-51-55-59-63-76(81)89-69-74(95-78(83)65-61-57-53-49-45-39-32-28-24-20-16-12-8-4)71-93-97(85,86)91-67-73(80)68-92-98(87,88)94-72-75(96-79(84)66-62-58-54-50-46-42-38-35-31-27-23-19-15-11-7-3)70-90-77(82)64-60-56-52-48-44-41-37-34-30-26-22-18-14-10-6-2/h23,27,33,35-36,38,73-75,80H,5-22,24-26,28-32,34,37,39-72H2,1-4H3,(H,85,86)(H,87,88)/b27-23-,36-33-,38-35-/t73-,74-,75-/m1/s1. The van der Waals surface area contributed by atoms with Crippen molar-refractivity contribution in [2.75, 3.05) is 39.6 Å². The van der Waals surface area contributed by atoms with Gasteiger partial charge in [-0.15, -0.1) is 0 Å². The molecule has 0 aromatic heterocycles. The zero-order valence-corrected chi connectivity index (χ0v) is 64.8. The van der Waals surface area contributed by atoms with Crippen molar-refractivity contribution in [3.63, 3.8) is 0 Å². The van der Waals surface area contributed by atoms with E-state index in [-0.39, 0.29) is 25.7 Å². The number of aliphatic hydroxyl groups is 1. The fourth-order valence-corrected chi connectivity index (χ4v) is 13.0. The fraction of sp³-hybridized carbons (Fsp3) is 0.873. The summed E-state index contributed by atoms with van der Waals surface area (Å²) < 4.78 is 68.6. The molecule has 576 valence electrons. The van der Waals surface area contributed by atoms with E-state index in [0.29, 0.717) is 25.7 Å². The second-order valence-electron chi connectivity index (χ2n) is 27.4. The third-order valence-corrected chi connectivity index (χ3v) is 19.5. The molecule has 5 atom stereocenters. The number of allylic oxidation sites excluding steroid dienone is 6. The summed E-state index contributed by atoms with van der Waals surface area (Å²) in [6.45, 7) is 4.92. The molecule has 2 unspecified atom stereocenters. The molecular weight excluding hydrogens is 1280 g/mol. The minimum Gasteiger partial charge on any atom is -0.462 e. The Hall–Kier alpha value is -2.72. The Kier molecular flexibility index (Phi) is 70.6. The molecule has 0 aliphatic carbocycles. The lowest BCUT2D eigenvalue weighted by Gasteiger charge is -2.21. The third-order valence-electron chi connectivity index (χ3n) is 17.6. The maximum Gasteiger partial charge on any atom is 0.472 e. The first-order valence-corrected chi connectivity index (χ1v) is 43.2. The van der Waals surface area contributed by atoms with Gasteiger partial charge in [0.2, 0.25) is 0 Å². The van der Waals surface area contributed by atoms with Gasteiger partial charge < -0.3 is 33.8 Å². The van der Waals surface area contributed by atoms with E-state index in [1.165, 1.54) is 180 Å².